The first-order chi connectivity index (χ1) is 12.5. The van der Waals surface area contributed by atoms with Gasteiger partial charge in [-0.15, -0.1) is 6.58 Å². The lowest BCUT2D eigenvalue weighted by Gasteiger charge is -2.10. The second-order valence-electron chi connectivity index (χ2n) is 5.50. The number of carbonyl (C=O) groups excluding carboxylic acids is 1. The van der Waals surface area contributed by atoms with E-state index in [1.807, 2.05) is 32.0 Å². The van der Waals surface area contributed by atoms with Gasteiger partial charge in [0.15, 0.2) is 10.3 Å². The van der Waals surface area contributed by atoms with Crippen molar-refractivity contribution in [2.24, 2.45) is 0 Å². The molecular weight excluding hydrogens is 366 g/mol. The third-order valence-corrected chi connectivity index (χ3v) is 4.41. The van der Waals surface area contributed by atoms with Crippen molar-refractivity contribution < 1.29 is 4.79 Å². The monoisotopic (exact) mass is 387 g/mol. The second-order valence-corrected chi connectivity index (χ2v) is 6.85. The van der Waals surface area contributed by atoms with Gasteiger partial charge in [0.1, 0.15) is 0 Å². The van der Waals surface area contributed by atoms with Crippen molar-refractivity contribution in [3.8, 4) is 0 Å². The molecule has 2 rings (SSSR count). The third-order valence-electron chi connectivity index (χ3n) is 3.24. The zero-order valence-electron chi connectivity index (χ0n) is 14.7. The van der Waals surface area contributed by atoms with Gasteiger partial charge in [-0.3, -0.25) is 15.6 Å². The molecule has 2 aromatic rings. The summed E-state index contributed by atoms with van der Waals surface area (Å²) in [5, 5.41) is 3.95. The molecule has 136 valence electrons. The fourth-order valence-electron chi connectivity index (χ4n) is 2.05. The van der Waals surface area contributed by atoms with E-state index in [1.54, 1.807) is 30.0 Å². The first-order valence-corrected chi connectivity index (χ1v) is 9.36. The van der Waals surface area contributed by atoms with Crippen molar-refractivity contribution in [2.75, 3.05) is 6.54 Å². The lowest BCUT2D eigenvalue weighted by atomic mass is 10.1. The molecule has 0 saturated heterocycles. The summed E-state index contributed by atoms with van der Waals surface area (Å²) in [5.74, 6) is 0.475. The van der Waals surface area contributed by atoms with Crippen molar-refractivity contribution in [1.29, 1.82) is 0 Å². The minimum Gasteiger partial charge on any atom is -0.358 e. The number of aromatic nitrogens is 2. The minimum atomic E-state index is -0.260. The summed E-state index contributed by atoms with van der Waals surface area (Å²) < 4.78 is 0. The maximum Gasteiger partial charge on any atom is 0.269 e. The van der Waals surface area contributed by atoms with E-state index >= 15 is 0 Å². The fourth-order valence-corrected chi connectivity index (χ4v) is 3.09. The number of hydrogen-bond donors (Lipinski definition) is 3. The van der Waals surface area contributed by atoms with Gasteiger partial charge in [0.05, 0.1) is 0 Å². The van der Waals surface area contributed by atoms with Gasteiger partial charge >= 0.3 is 0 Å². The van der Waals surface area contributed by atoms with E-state index in [-0.39, 0.29) is 5.91 Å². The summed E-state index contributed by atoms with van der Waals surface area (Å²) in [6.07, 6.45) is 1.68. The molecule has 0 atom stereocenters. The van der Waals surface area contributed by atoms with E-state index in [1.165, 1.54) is 0 Å². The Morgan fingerprint density at radius 1 is 1.19 bits per heavy atom. The first kappa shape index (κ1) is 19.9. The summed E-state index contributed by atoms with van der Waals surface area (Å²) in [6.45, 7) is 8.02. The number of amides is 1. The summed E-state index contributed by atoms with van der Waals surface area (Å²) in [6, 6.07) is 9.33. The molecule has 0 spiro atoms. The Labute approximate surface area is 162 Å². The number of hydrogen-bond acceptors (Lipinski definition) is 5. The molecule has 26 heavy (non-hydrogen) atoms. The SMILES string of the molecule is C=CCNC(=S)NNC(=O)c1ccc(CSc2nc(C)cc(C)n2)cc1. The van der Waals surface area contributed by atoms with Crippen LogP contribution in [0.5, 0.6) is 0 Å². The minimum absolute atomic E-state index is 0.260. The van der Waals surface area contributed by atoms with Crippen LogP contribution in [0.3, 0.4) is 0 Å². The van der Waals surface area contributed by atoms with E-state index in [0.29, 0.717) is 17.2 Å². The van der Waals surface area contributed by atoms with Crippen LogP contribution in [0, 0.1) is 13.8 Å². The molecule has 1 aromatic heterocycles. The summed E-state index contributed by atoms with van der Waals surface area (Å²) >= 11 is 6.58. The number of nitrogens with zero attached hydrogens (tertiary/aromatic N) is 2. The topological polar surface area (TPSA) is 78.9 Å². The van der Waals surface area contributed by atoms with Crippen LogP contribution in [0.1, 0.15) is 27.3 Å². The van der Waals surface area contributed by atoms with Crippen LogP contribution in [0.25, 0.3) is 0 Å². The van der Waals surface area contributed by atoms with Crippen molar-refractivity contribution in [2.45, 2.75) is 24.8 Å². The van der Waals surface area contributed by atoms with Gasteiger partial charge in [0, 0.05) is 29.2 Å². The zero-order chi connectivity index (χ0) is 18.9. The summed E-state index contributed by atoms with van der Waals surface area (Å²) in [5.41, 5.74) is 8.73. The molecule has 8 heteroatoms. The largest absolute Gasteiger partial charge is 0.358 e. The van der Waals surface area contributed by atoms with Crippen LogP contribution in [0.4, 0.5) is 0 Å². The first-order valence-electron chi connectivity index (χ1n) is 7.97. The van der Waals surface area contributed by atoms with Crippen molar-refractivity contribution in [1.82, 2.24) is 26.1 Å². The molecule has 0 saturated carbocycles. The number of thiocarbonyl (C=S) groups is 1. The standard InChI is InChI=1S/C18H21N5OS2/c1-4-9-19-17(25)23-22-16(24)15-7-5-14(6-8-15)11-26-18-20-12(2)10-13(3)21-18/h4-8,10H,1,9,11H2,2-3H3,(H,22,24)(H2,19,23,25). The molecule has 6 nitrogen and oxygen atoms in total. The highest BCUT2D eigenvalue weighted by Gasteiger charge is 2.06. The molecule has 0 bridgehead atoms. The quantitative estimate of drug-likeness (QED) is 0.231. The second kappa shape index (κ2) is 9.88. The molecule has 0 aliphatic carbocycles. The van der Waals surface area contributed by atoms with Crippen LogP contribution >= 0.6 is 24.0 Å². The van der Waals surface area contributed by atoms with Crippen LogP contribution < -0.4 is 16.2 Å². The lowest BCUT2D eigenvalue weighted by Crippen LogP contribution is -2.46. The molecule has 3 N–H and O–H groups in total. The average Bonchev–Trinajstić information content (AvgIpc) is 2.62. The number of benzene rings is 1. The van der Waals surface area contributed by atoms with Gasteiger partial charge in [-0.25, -0.2) is 9.97 Å². The van der Waals surface area contributed by atoms with Crippen molar-refractivity contribution in [3.05, 3.63) is 65.5 Å². The highest BCUT2D eigenvalue weighted by molar-refractivity contribution is 7.98. The number of hydrazine groups is 1. The maximum atomic E-state index is 12.1. The van der Waals surface area contributed by atoms with Crippen LogP contribution in [0.15, 0.2) is 48.1 Å². The van der Waals surface area contributed by atoms with Gasteiger partial charge in [0.2, 0.25) is 0 Å². The van der Waals surface area contributed by atoms with E-state index in [0.717, 1.165) is 27.9 Å². The van der Waals surface area contributed by atoms with Gasteiger partial charge in [-0.1, -0.05) is 30.0 Å². The van der Waals surface area contributed by atoms with Crippen LogP contribution in [-0.4, -0.2) is 27.5 Å². The molecular formula is C18H21N5OS2. The molecule has 0 fully saturated rings. The van der Waals surface area contributed by atoms with Crippen molar-refractivity contribution >= 4 is 35.0 Å². The Kier molecular flexibility index (Phi) is 7.55. The van der Waals surface area contributed by atoms with E-state index < -0.39 is 0 Å². The molecule has 0 radical (unpaired) electrons. The zero-order valence-corrected chi connectivity index (χ0v) is 16.3. The summed E-state index contributed by atoms with van der Waals surface area (Å²) in [7, 11) is 0. The molecule has 1 aromatic carbocycles. The van der Waals surface area contributed by atoms with Crippen molar-refractivity contribution in [3.63, 3.8) is 0 Å². The number of thioether (sulfide) groups is 1. The average molecular weight is 388 g/mol. The lowest BCUT2D eigenvalue weighted by molar-refractivity contribution is 0.0943. The maximum absolute atomic E-state index is 12.1. The Balaban J connectivity index is 1.86. The number of carbonyl (C=O) groups is 1. The summed E-state index contributed by atoms with van der Waals surface area (Å²) in [4.78, 5) is 20.9. The Bertz CT molecular complexity index is 772. The molecule has 1 amide bonds. The van der Waals surface area contributed by atoms with E-state index in [4.69, 9.17) is 12.2 Å². The normalized spacial score (nSPS) is 10.1. The Morgan fingerprint density at radius 2 is 1.85 bits per heavy atom. The Morgan fingerprint density at radius 3 is 2.46 bits per heavy atom. The molecule has 0 aliphatic heterocycles. The smallest absolute Gasteiger partial charge is 0.269 e. The van der Waals surface area contributed by atoms with Crippen LogP contribution in [-0.2, 0) is 5.75 Å². The van der Waals surface area contributed by atoms with Crippen LogP contribution in [0.2, 0.25) is 0 Å². The predicted octanol–water partition coefficient (Wildman–Crippen LogP) is 2.68. The predicted molar refractivity (Wildman–Crippen MR) is 109 cm³/mol. The van der Waals surface area contributed by atoms with E-state index in [9.17, 15) is 4.79 Å². The number of aryl methyl sites for hydroxylation is 2. The Hall–Kier alpha value is -2.45. The highest BCUT2D eigenvalue weighted by Crippen LogP contribution is 2.20. The number of nitrogens with one attached hydrogen (secondary N) is 3. The molecule has 1 heterocycles. The number of rotatable bonds is 6. The molecule has 0 unspecified atom stereocenters. The van der Waals surface area contributed by atoms with E-state index in [2.05, 4.69) is 32.7 Å². The fraction of sp³-hybridized carbons (Fsp3) is 0.222. The molecule has 0 aliphatic rings. The van der Waals surface area contributed by atoms with Gasteiger partial charge in [0.25, 0.3) is 5.91 Å². The highest BCUT2D eigenvalue weighted by atomic mass is 32.2. The van der Waals surface area contributed by atoms with Gasteiger partial charge in [-0.05, 0) is 49.8 Å². The third kappa shape index (κ3) is 6.45. The van der Waals surface area contributed by atoms with Gasteiger partial charge < -0.3 is 5.32 Å². The van der Waals surface area contributed by atoms with Gasteiger partial charge in [-0.2, -0.15) is 0 Å².